The van der Waals surface area contributed by atoms with E-state index in [4.69, 9.17) is 0 Å². The molecule has 0 amide bonds. The van der Waals surface area contributed by atoms with Crippen LogP contribution in [0.4, 0.5) is 8.78 Å². The Morgan fingerprint density at radius 3 is 2.00 bits per heavy atom. The number of hydrogen-bond donors (Lipinski definition) is 0. The van der Waals surface area contributed by atoms with Crippen molar-refractivity contribution in [3.8, 4) is 0 Å². The van der Waals surface area contributed by atoms with Gasteiger partial charge in [-0.15, -0.1) is 0 Å². The molecule has 1 rings (SSSR count). The summed E-state index contributed by atoms with van der Waals surface area (Å²) in [5, 5.41) is 0. The predicted molar refractivity (Wildman–Crippen MR) is 96.5 cm³/mol. The third-order valence-electron chi connectivity index (χ3n) is 5.14. The number of halogens is 2. The monoisotopic (exact) mass is 324 g/mol. The summed E-state index contributed by atoms with van der Waals surface area (Å²) in [6, 6.07) is 0. The topological polar surface area (TPSA) is 0 Å². The molecule has 0 N–H and O–H groups in total. The van der Waals surface area contributed by atoms with Crippen LogP contribution in [0.3, 0.4) is 0 Å². The summed E-state index contributed by atoms with van der Waals surface area (Å²) in [5.74, 6) is 0.0243. The first kappa shape index (κ1) is 20.1. The van der Waals surface area contributed by atoms with Crippen molar-refractivity contribution >= 4 is 0 Å². The predicted octanol–water partition coefficient (Wildman–Crippen LogP) is 7.54. The molecule has 23 heavy (non-hydrogen) atoms. The fraction of sp³-hybridized carbons (Fsp3) is 0.714. The van der Waals surface area contributed by atoms with Gasteiger partial charge in [0.2, 0.25) is 0 Å². The Morgan fingerprint density at radius 1 is 0.870 bits per heavy atom. The average molecular weight is 324 g/mol. The van der Waals surface area contributed by atoms with Gasteiger partial charge in [0.1, 0.15) is 0 Å². The van der Waals surface area contributed by atoms with Crippen LogP contribution in [0.2, 0.25) is 0 Å². The van der Waals surface area contributed by atoms with Crippen molar-refractivity contribution in [2.45, 2.75) is 73.6 Å². The van der Waals surface area contributed by atoms with E-state index < -0.39 is 11.7 Å². The summed E-state index contributed by atoms with van der Waals surface area (Å²) >= 11 is 0. The van der Waals surface area contributed by atoms with Gasteiger partial charge in [0.05, 0.1) is 0 Å². The fourth-order valence-electron chi connectivity index (χ4n) is 3.08. The van der Waals surface area contributed by atoms with Crippen LogP contribution in [-0.4, -0.2) is 0 Å². The van der Waals surface area contributed by atoms with Crippen LogP contribution < -0.4 is 0 Å². The van der Waals surface area contributed by atoms with Crippen molar-refractivity contribution in [3.05, 3.63) is 35.0 Å². The third-order valence-corrected chi connectivity index (χ3v) is 5.14. The van der Waals surface area contributed by atoms with Crippen LogP contribution in [0.15, 0.2) is 35.0 Å². The van der Waals surface area contributed by atoms with Crippen molar-refractivity contribution < 1.29 is 8.78 Å². The molecule has 0 heterocycles. The maximum Gasteiger partial charge on any atom is 0.158 e. The highest BCUT2D eigenvalue weighted by Crippen LogP contribution is 2.40. The first-order valence-electron chi connectivity index (χ1n) is 9.23. The molecule has 0 aliphatic heterocycles. The average Bonchev–Trinajstić information content (AvgIpc) is 2.52. The van der Waals surface area contributed by atoms with Crippen molar-refractivity contribution in [1.82, 2.24) is 0 Å². The van der Waals surface area contributed by atoms with Crippen molar-refractivity contribution in [3.63, 3.8) is 0 Å². The highest BCUT2D eigenvalue weighted by Gasteiger charge is 2.27. The van der Waals surface area contributed by atoms with Gasteiger partial charge in [0.15, 0.2) is 11.7 Å². The van der Waals surface area contributed by atoms with Gasteiger partial charge in [-0.3, -0.25) is 0 Å². The Morgan fingerprint density at radius 2 is 1.43 bits per heavy atom. The number of hydrogen-bond acceptors (Lipinski definition) is 0. The second kappa shape index (κ2) is 9.39. The first-order valence-corrected chi connectivity index (χ1v) is 9.23. The van der Waals surface area contributed by atoms with E-state index in [0.717, 1.165) is 19.3 Å². The van der Waals surface area contributed by atoms with Crippen LogP contribution in [0.5, 0.6) is 0 Å². The Kier molecular flexibility index (Phi) is 8.22. The lowest BCUT2D eigenvalue weighted by Crippen LogP contribution is -2.12. The number of rotatable bonds is 8. The van der Waals surface area contributed by atoms with Crippen LogP contribution in [0, 0.1) is 23.7 Å². The second-order valence-electron chi connectivity index (χ2n) is 7.59. The molecule has 0 saturated carbocycles. The van der Waals surface area contributed by atoms with Gasteiger partial charge in [0.25, 0.3) is 0 Å². The largest absolute Gasteiger partial charge is 0.204 e. The quantitative estimate of drug-likeness (QED) is 0.404. The summed E-state index contributed by atoms with van der Waals surface area (Å²) in [6.45, 7) is 12.6. The normalized spacial score (nSPS) is 20.6. The molecular formula is C21H34F2. The van der Waals surface area contributed by atoms with Crippen molar-refractivity contribution in [2.75, 3.05) is 0 Å². The number of allylic oxidation sites excluding steroid dienone is 6. The van der Waals surface area contributed by atoms with Crippen LogP contribution in [0.1, 0.15) is 73.6 Å². The van der Waals surface area contributed by atoms with E-state index in [2.05, 4.69) is 33.8 Å². The summed E-state index contributed by atoms with van der Waals surface area (Å²) < 4.78 is 29.0. The molecule has 2 heteroatoms. The minimum Gasteiger partial charge on any atom is -0.204 e. The Hall–Kier alpha value is -0.920. The smallest absolute Gasteiger partial charge is 0.158 e. The SMILES string of the molecule is CCC(C)CCC(C)C1=C(F)C(F)=C(C(C)/C=C\C(C)C)CC1. The van der Waals surface area contributed by atoms with E-state index in [1.807, 2.05) is 19.9 Å². The fourth-order valence-corrected chi connectivity index (χ4v) is 3.08. The van der Waals surface area contributed by atoms with Crippen LogP contribution in [-0.2, 0) is 0 Å². The zero-order chi connectivity index (χ0) is 17.6. The molecule has 132 valence electrons. The van der Waals surface area contributed by atoms with E-state index in [9.17, 15) is 8.78 Å². The molecule has 3 atom stereocenters. The van der Waals surface area contributed by atoms with E-state index in [1.54, 1.807) is 0 Å². The third kappa shape index (κ3) is 5.90. The zero-order valence-electron chi connectivity index (χ0n) is 15.8. The van der Waals surface area contributed by atoms with Gasteiger partial charge in [0, 0.05) is 0 Å². The van der Waals surface area contributed by atoms with Gasteiger partial charge < -0.3 is 0 Å². The maximum atomic E-state index is 14.5. The first-order chi connectivity index (χ1) is 10.8. The zero-order valence-corrected chi connectivity index (χ0v) is 15.8. The second-order valence-corrected chi connectivity index (χ2v) is 7.59. The van der Waals surface area contributed by atoms with Gasteiger partial charge in [-0.25, -0.2) is 8.78 Å². The molecule has 0 saturated heterocycles. The molecule has 0 bridgehead atoms. The van der Waals surface area contributed by atoms with Gasteiger partial charge >= 0.3 is 0 Å². The van der Waals surface area contributed by atoms with Gasteiger partial charge in [-0.2, -0.15) is 0 Å². The molecule has 0 spiro atoms. The molecule has 0 aromatic heterocycles. The highest BCUT2D eigenvalue weighted by atomic mass is 19.2. The standard InChI is InChI=1S/C21H34F2/c1-7-15(4)9-11-17(6)19-13-12-18(20(22)21(19)23)16(5)10-8-14(2)3/h8,10,14-17H,7,9,11-13H2,1-6H3/b10-8-. The molecule has 1 aliphatic rings. The summed E-state index contributed by atoms with van der Waals surface area (Å²) in [5.41, 5.74) is 1.31. The van der Waals surface area contributed by atoms with Crippen molar-refractivity contribution in [2.24, 2.45) is 23.7 Å². The molecule has 1 aliphatic carbocycles. The van der Waals surface area contributed by atoms with Crippen LogP contribution in [0.25, 0.3) is 0 Å². The summed E-state index contributed by atoms with van der Waals surface area (Å²) in [7, 11) is 0. The Labute approximate surface area is 141 Å². The van der Waals surface area contributed by atoms with E-state index in [1.165, 1.54) is 0 Å². The molecule has 0 fully saturated rings. The summed E-state index contributed by atoms with van der Waals surface area (Å²) in [6.07, 6.45) is 8.55. The van der Waals surface area contributed by atoms with Gasteiger partial charge in [-0.05, 0) is 54.1 Å². The molecule has 0 aromatic rings. The summed E-state index contributed by atoms with van der Waals surface area (Å²) in [4.78, 5) is 0. The lowest BCUT2D eigenvalue weighted by atomic mass is 9.82. The maximum absolute atomic E-state index is 14.5. The van der Waals surface area contributed by atoms with E-state index in [-0.39, 0.29) is 11.8 Å². The molecule has 3 unspecified atom stereocenters. The lowest BCUT2D eigenvalue weighted by molar-refractivity contribution is 0.421. The Bertz CT molecular complexity index is 468. The lowest BCUT2D eigenvalue weighted by Gasteiger charge is -2.25. The van der Waals surface area contributed by atoms with E-state index in [0.29, 0.717) is 35.8 Å². The molecule has 0 aromatic carbocycles. The molecular weight excluding hydrogens is 290 g/mol. The minimum atomic E-state index is -0.595. The van der Waals surface area contributed by atoms with Gasteiger partial charge in [-0.1, -0.05) is 66.5 Å². The molecule has 0 nitrogen and oxygen atoms in total. The van der Waals surface area contributed by atoms with E-state index >= 15 is 0 Å². The Balaban J connectivity index is 2.85. The molecule has 0 radical (unpaired) electrons. The minimum absolute atomic E-state index is 0.0277. The van der Waals surface area contributed by atoms with Crippen LogP contribution >= 0.6 is 0 Å². The van der Waals surface area contributed by atoms with Crippen molar-refractivity contribution in [1.29, 1.82) is 0 Å². The highest BCUT2D eigenvalue weighted by molar-refractivity contribution is 5.37.